The van der Waals surface area contributed by atoms with Crippen molar-refractivity contribution in [2.75, 3.05) is 11.4 Å². The maximum atomic E-state index is 13.1. The number of hydrogen-bond acceptors (Lipinski definition) is 2. The van der Waals surface area contributed by atoms with E-state index in [1.165, 1.54) is 12.1 Å². The molecule has 0 atom stereocenters. The van der Waals surface area contributed by atoms with E-state index in [9.17, 15) is 13.2 Å². The molecule has 0 fully saturated rings. The highest BCUT2D eigenvalue weighted by molar-refractivity contribution is 5.70. The van der Waals surface area contributed by atoms with Crippen LogP contribution in [0.5, 0.6) is 0 Å². The number of rotatable bonds is 2. The number of nitrogens with zero attached hydrogens (tertiary/aromatic N) is 1. The largest absolute Gasteiger partial charge is 0.416 e. The molecule has 3 rings (SSSR count). The third-order valence-corrected chi connectivity index (χ3v) is 3.82. The van der Waals surface area contributed by atoms with Crippen molar-refractivity contribution < 1.29 is 13.2 Å². The lowest BCUT2D eigenvalue weighted by Gasteiger charge is -2.22. The summed E-state index contributed by atoms with van der Waals surface area (Å²) >= 11 is 0. The fourth-order valence-corrected chi connectivity index (χ4v) is 2.78. The molecule has 0 unspecified atom stereocenters. The normalized spacial score (nSPS) is 14.4. The lowest BCUT2D eigenvalue weighted by atomic mass is 10.1. The second-order valence-corrected chi connectivity index (χ2v) is 5.07. The zero-order valence-electron chi connectivity index (χ0n) is 11.3. The maximum Gasteiger partial charge on any atom is 0.416 e. The standard InChI is InChI=1S/C16H15F3N2/c17-16(18,19)14-9-13(6-5-12(14)10-20)21-8-7-11-3-1-2-4-15(11)21/h1-6,9H,7-8,10,20H2. The minimum Gasteiger partial charge on any atom is -0.341 e. The molecule has 1 aliphatic rings. The number of hydrogen-bond donors (Lipinski definition) is 1. The molecule has 0 saturated heterocycles. The Labute approximate surface area is 121 Å². The fraction of sp³-hybridized carbons (Fsp3) is 0.250. The second-order valence-electron chi connectivity index (χ2n) is 5.07. The zero-order valence-corrected chi connectivity index (χ0v) is 11.3. The van der Waals surface area contributed by atoms with E-state index in [0.717, 1.165) is 17.7 Å². The van der Waals surface area contributed by atoms with E-state index in [0.29, 0.717) is 12.2 Å². The quantitative estimate of drug-likeness (QED) is 0.910. The van der Waals surface area contributed by atoms with Crippen LogP contribution in [0.15, 0.2) is 42.5 Å². The highest BCUT2D eigenvalue weighted by atomic mass is 19.4. The van der Waals surface area contributed by atoms with Crippen molar-refractivity contribution in [3.63, 3.8) is 0 Å². The molecule has 2 N–H and O–H groups in total. The lowest BCUT2D eigenvalue weighted by Crippen LogP contribution is -2.17. The molecule has 0 aliphatic carbocycles. The van der Waals surface area contributed by atoms with Crippen LogP contribution >= 0.6 is 0 Å². The summed E-state index contributed by atoms with van der Waals surface area (Å²) in [6.07, 6.45) is -3.54. The summed E-state index contributed by atoms with van der Waals surface area (Å²) in [4.78, 5) is 1.92. The van der Waals surface area contributed by atoms with Crippen LogP contribution in [0.2, 0.25) is 0 Å². The van der Waals surface area contributed by atoms with Crippen molar-refractivity contribution in [3.8, 4) is 0 Å². The van der Waals surface area contributed by atoms with Crippen LogP contribution in [0.3, 0.4) is 0 Å². The first kappa shape index (κ1) is 13.9. The topological polar surface area (TPSA) is 29.3 Å². The number of anilines is 2. The first-order valence-electron chi connectivity index (χ1n) is 6.76. The molecule has 0 radical (unpaired) electrons. The molecule has 0 bridgehead atoms. The molecule has 0 aromatic heterocycles. The lowest BCUT2D eigenvalue weighted by molar-refractivity contribution is -0.138. The van der Waals surface area contributed by atoms with Crippen molar-refractivity contribution in [3.05, 3.63) is 59.2 Å². The molecular weight excluding hydrogens is 277 g/mol. The van der Waals surface area contributed by atoms with Crippen LogP contribution < -0.4 is 10.6 Å². The Morgan fingerprint density at radius 3 is 2.57 bits per heavy atom. The Hall–Kier alpha value is -2.01. The summed E-state index contributed by atoms with van der Waals surface area (Å²) < 4.78 is 39.4. The van der Waals surface area contributed by atoms with Crippen LogP contribution in [0.1, 0.15) is 16.7 Å². The van der Waals surface area contributed by atoms with Gasteiger partial charge in [-0.3, -0.25) is 0 Å². The van der Waals surface area contributed by atoms with Crippen molar-refractivity contribution in [2.24, 2.45) is 5.73 Å². The Morgan fingerprint density at radius 2 is 1.86 bits per heavy atom. The van der Waals surface area contributed by atoms with Crippen LogP contribution in [-0.2, 0) is 19.1 Å². The Balaban J connectivity index is 2.05. The van der Waals surface area contributed by atoms with Gasteiger partial charge in [0.1, 0.15) is 0 Å². The van der Waals surface area contributed by atoms with Gasteiger partial charge in [-0.2, -0.15) is 13.2 Å². The third-order valence-electron chi connectivity index (χ3n) is 3.82. The SMILES string of the molecule is NCc1ccc(N2CCc3ccccc32)cc1C(F)(F)F. The predicted molar refractivity (Wildman–Crippen MR) is 76.5 cm³/mol. The summed E-state index contributed by atoms with van der Waals surface area (Å²) in [5, 5.41) is 0. The number of halogens is 3. The number of para-hydroxylation sites is 1. The fourth-order valence-electron chi connectivity index (χ4n) is 2.78. The van der Waals surface area contributed by atoms with Gasteiger partial charge in [-0.05, 0) is 35.7 Å². The molecule has 21 heavy (non-hydrogen) atoms. The highest BCUT2D eigenvalue weighted by Crippen LogP contribution is 2.39. The van der Waals surface area contributed by atoms with E-state index in [1.807, 2.05) is 29.2 Å². The van der Waals surface area contributed by atoms with Gasteiger partial charge in [0.2, 0.25) is 0 Å². The Morgan fingerprint density at radius 1 is 1.10 bits per heavy atom. The second kappa shape index (κ2) is 5.07. The minimum absolute atomic E-state index is 0.119. The van der Waals surface area contributed by atoms with E-state index >= 15 is 0 Å². The van der Waals surface area contributed by atoms with E-state index in [4.69, 9.17) is 5.73 Å². The molecule has 2 aromatic rings. The summed E-state index contributed by atoms with van der Waals surface area (Å²) in [6, 6.07) is 12.2. The van der Waals surface area contributed by atoms with Gasteiger partial charge in [0.05, 0.1) is 5.56 Å². The average Bonchev–Trinajstić information content (AvgIpc) is 2.89. The van der Waals surface area contributed by atoms with E-state index in [1.54, 1.807) is 6.07 Å². The molecule has 0 amide bonds. The van der Waals surface area contributed by atoms with Crippen LogP contribution in [-0.4, -0.2) is 6.54 Å². The van der Waals surface area contributed by atoms with Gasteiger partial charge in [-0.1, -0.05) is 24.3 Å². The molecule has 0 saturated carbocycles. The molecule has 2 aromatic carbocycles. The van der Waals surface area contributed by atoms with Gasteiger partial charge in [-0.25, -0.2) is 0 Å². The highest BCUT2D eigenvalue weighted by Gasteiger charge is 2.34. The van der Waals surface area contributed by atoms with Gasteiger partial charge in [0.15, 0.2) is 0 Å². The van der Waals surface area contributed by atoms with Gasteiger partial charge in [0.25, 0.3) is 0 Å². The third kappa shape index (κ3) is 2.49. The molecule has 1 heterocycles. The molecule has 2 nitrogen and oxygen atoms in total. The van der Waals surface area contributed by atoms with Crippen LogP contribution in [0.25, 0.3) is 0 Å². The average molecular weight is 292 g/mol. The summed E-state index contributed by atoms with van der Waals surface area (Å²) in [5.74, 6) is 0. The van der Waals surface area contributed by atoms with Crippen molar-refractivity contribution in [2.45, 2.75) is 19.1 Å². The molecule has 5 heteroatoms. The summed E-state index contributed by atoms with van der Waals surface area (Å²) in [6.45, 7) is 0.574. The monoisotopic (exact) mass is 292 g/mol. The van der Waals surface area contributed by atoms with Gasteiger partial charge < -0.3 is 10.6 Å². The number of nitrogens with two attached hydrogens (primary N) is 1. The smallest absolute Gasteiger partial charge is 0.341 e. The van der Waals surface area contributed by atoms with Crippen LogP contribution in [0.4, 0.5) is 24.5 Å². The molecule has 1 aliphatic heterocycles. The number of benzene rings is 2. The summed E-state index contributed by atoms with van der Waals surface area (Å²) in [7, 11) is 0. The number of fused-ring (bicyclic) bond motifs is 1. The molecule has 110 valence electrons. The van der Waals surface area contributed by atoms with E-state index in [-0.39, 0.29) is 12.1 Å². The van der Waals surface area contributed by atoms with Crippen LogP contribution in [0, 0.1) is 0 Å². The minimum atomic E-state index is -4.38. The Bertz CT molecular complexity index is 665. The molecule has 0 spiro atoms. The van der Waals surface area contributed by atoms with Gasteiger partial charge in [-0.15, -0.1) is 0 Å². The first-order chi connectivity index (χ1) is 10.0. The Kier molecular flexibility index (Phi) is 3.37. The van der Waals surface area contributed by atoms with Crippen molar-refractivity contribution in [1.82, 2.24) is 0 Å². The first-order valence-corrected chi connectivity index (χ1v) is 6.76. The van der Waals surface area contributed by atoms with E-state index in [2.05, 4.69) is 0 Å². The van der Waals surface area contributed by atoms with Gasteiger partial charge in [0, 0.05) is 24.5 Å². The summed E-state index contributed by atoms with van der Waals surface area (Å²) in [5.41, 5.74) is 7.59. The predicted octanol–water partition coefficient (Wildman–Crippen LogP) is 3.86. The number of alkyl halides is 3. The maximum absolute atomic E-state index is 13.1. The van der Waals surface area contributed by atoms with Crippen molar-refractivity contribution >= 4 is 11.4 Å². The van der Waals surface area contributed by atoms with Crippen molar-refractivity contribution in [1.29, 1.82) is 0 Å². The van der Waals surface area contributed by atoms with E-state index < -0.39 is 11.7 Å². The zero-order chi connectivity index (χ0) is 15.0. The van der Waals surface area contributed by atoms with Gasteiger partial charge >= 0.3 is 6.18 Å². The molecular formula is C16H15F3N2.